The molecule has 1 unspecified atom stereocenters. The minimum atomic E-state index is 0.515. The van der Waals surface area contributed by atoms with Crippen LogP contribution in [0.2, 0.25) is 0 Å². The molecule has 1 N–H and O–H groups in total. The van der Waals surface area contributed by atoms with E-state index in [1.807, 2.05) is 12.4 Å². The Morgan fingerprint density at radius 2 is 1.75 bits per heavy atom. The first-order chi connectivity index (χ1) is 7.92. The largest absolute Gasteiger partial charge is 0.313 e. The second kappa shape index (κ2) is 6.00. The summed E-state index contributed by atoms with van der Waals surface area (Å²) < 4.78 is 0. The van der Waals surface area contributed by atoms with Crippen LogP contribution in [0, 0.1) is 5.92 Å². The van der Waals surface area contributed by atoms with Crippen molar-refractivity contribution in [2.45, 2.75) is 44.6 Å². The fourth-order valence-electron chi connectivity index (χ4n) is 2.89. The third-order valence-corrected chi connectivity index (χ3v) is 3.75. The van der Waals surface area contributed by atoms with E-state index in [-0.39, 0.29) is 0 Å². The van der Waals surface area contributed by atoms with Crippen molar-refractivity contribution in [1.82, 2.24) is 10.3 Å². The Labute approximate surface area is 98.5 Å². The lowest BCUT2D eigenvalue weighted by atomic mass is 9.88. The Morgan fingerprint density at radius 1 is 1.12 bits per heavy atom. The lowest BCUT2D eigenvalue weighted by molar-refractivity contribution is 0.341. The summed E-state index contributed by atoms with van der Waals surface area (Å²) in [7, 11) is 2.08. The maximum atomic E-state index is 4.10. The molecule has 1 aliphatic carbocycles. The molecule has 0 aromatic carbocycles. The van der Waals surface area contributed by atoms with Gasteiger partial charge in [0.2, 0.25) is 0 Å². The van der Waals surface area contributed by atoms with Gasteiger partial charge >= 0.3 is 0 Å². The zero-order valence-electron chi connectivity index (χ0n) is 10.2. The molecule has 2 rings (SSSR count). The van der Waals surface area contributed by atoms with E-state index < -0.39 is 0 Å². The molecule has 1 aromatic rings. The van der Waals surface area contributed by atoms with Gasteiger partial charge < -0.3 is 5.32 Å². The van der Waals surface area contributed by atoms with Crippen LogP contribution in [0.4, 0.5) is 0 Å². The highest BCUT2D eigenvalue weighted by molar-refractivity contribution is 5.16. The van der Waals surface area contributed by atoms with E-state index in [1.165, 1.54) is 44.1 Å². The lowest BCUT2D eigenvalue weighted by Crippen LogP contribution is -2.25. The van der Waals surface area contributed by atoms with Crippen molar-refractivity contribution in [2.75, 3.05) is 7.05 Å². The molecule has 2 heteroatoms. The van der Waals surface area contributed by atoms with E-state index in [9.17, 15) is 0 Å². The normalized spacial score (nSPS) is 20.3. The molecule has 1 fully saturated rings. The minimum Gasteiger partial charge on any atom is -0.313 e. The Morgan fingerprint density at radius 3 is 2.31 bits per heavy atom. The summed E-state index contributed by atoms with van der Waals surface area (Å²) in [5.74, 6) is 0.801. The van der Waals surface area contributed by atoms with Crippen molar-refractivity contribution in [1.29, 1.82) is 0 Å². The lowest BCUT2D eigenvalue weighted by Gasteiger charge is -2.26. The molecule has 0 radical (unpaired) electrons. The summed E-state index contributed by atoms with van der Waals surface area (Å²) in [6.07, 6.45) is 12.2. The molecule has 0 spiro atoms. The van der Waals surface area contributed by atoms with E-state index >= 15 is 0 Å². The van der Waals surface area contributed by atoms with Gasteiger partial charge in [-0.1, -0.05) is 25.7 Å². The summed E-state index contributed by atoms with van der Waals surface area (Å²) in [5, 5.41) is 3.49. The first-order valence-electron chi connectivity index (χ1n) is 6.49. The SMILES string of the molecule is CNC(c1ccncc1)C1CCCCCC1. The minimum absolute atomic E-state index is 0.515. The summed E-state index contributed by atoms with van der Waals surface area (Å²) >= 11 is 0. The van der Waals surface area contributed by atoms with E-state index in [2.05, 4.69) is 29.5 Å². The molecule has 0 bridgehead atoms. The quantitative estimate of drug-likeness (QED) is 0.787. The number of rotatable bonds is 3. The maximum absolute atomic E-state index is 4.10. The van der Waals surface area contributed by atoms with Gasteiger partial charge in [0.05, 0.1) is 0 Å². The van der Waals surface area contributed by atoms with E-state index in [0.29, 0.717) is 6.04 Å². The fourth-order valence-corrected chi connectivity index (χ4v) is 2.89. The summed E-state index contributed by atoms with van der Waals surface area (Å²) in [5.41, 5.74) is 1.39. The Hall–Kier alpha value is -0.890. The average molecular weight is 218 g/mol. The van der Waals surface area contributed by atoms with Gasteiger partial charge in [-0.25, -0.2) is 0 Å². The predicted molar refractivity (Wildman–Crippen MR) is 67.2 cm³/mol. The molecular weight excluding hydrogens is 196 g/mol. The molecule has 0 amide bonds. The van der Waals surface area contributed by atoms with Crippen LogP contribution in [0.3, 0.4) is 0 Å². The van der Waals surface area contributed by atoms with Crippen LogP contribution in [-0.2, 0) is 0 Å². The van der Waals surface area contributed by atoms with Crippen LogP contribution in [-0.4, -0.2) is 12.0 Å². The van der Waals surface area contributed by atoms with Crippen molar-refractivity contribution in [2.24, 2.45) is 5.92 Å². The van der Waals surface area contributed by atoms with Crippen molar-refractivity contribution in [3.05, 3.63) is 30.1 Å². The Kier molecular flexibility index (Phi) is 4.34. The van der Waals surface area contributed by atoms with Crippen LogP contribution in [0.25, 0.3) is 0 Å². The molecule has 88 valence electrons. The van der Waals surface area contributed by atoms with Gasteiger partial charge in [0.15, 0.2) is 0 Å². The predicted octanol–water partition coefficient (Wildman–Crippen LogP) is 3.31. The summed E-state index contributed by atoms with van der Waals surface area (Å²) in [4.78, 5) is 4.10. The maximum Gasteiger partial charge on any atom is 0.0347 e. The zero-order valence-corrected chi connectivity index (χ0v) is 10.2. The van der Waals surface area contributed by atoms with Gasteiger partial charge in [-0.05, 0) is 43.5 Å². The monoisotopic (exact) mass is 218 g/mol. The molecule has 16 heavy (non-hydrogen) atoms. The smallest absolute Gasteiger partial charge is 0.0347 e. The van der Waals surface area contributed by atoms with Gasteiger partial charge in [0.25, 0.3) is 0 Å². The number of nitrogens with one attached hydrogen (secondary N) is 1. The highest BCUT2D eigenvalue weighted by Crippen LogP contribution is 2.32. The molecule has 1 heterocycles. The van der Waals surface area contributed by atoms with Crippen LogP contribution in [0.1, 0.15) is 50.1 Å². The Balaban J connectivity index is 2.09. The highest BCUT2D eigenvalue weighted by atomic mass is 14.9. The number of pyridine rings is 1. The summed E-state index contributed by atoms with van der Waals surface area (Å²) in [6.45, 7) is 0. The second-order valence-electron chi connectivity index (χ2n) is 4.80. The van der Waals surface area contributed by atoms with Gasteiger partial charge in [-0.3, -0.25) is 4.98 Å². The molecule has 0 aliphatic heterocycles. The van der Waals surface area contributed by atoms with Crippen LogP contribution in [0.5, 0.6) is 0 Å². The third-order valence-electron chi connectivity index (χ3n) is 3.75. The highest BCUT2D eigenvalue weighted by Gasteiger charge is 2.22. The second-order valence-corrected chi connectivity index (χ2v) is 4.80. The van der Waals surface area contributed by atoms with Crippen LogP contribution < -0.4 is 5.32 Å². The molecule has 1 aliphatic rings. The first kappa shape index (κ1) is 11.6. The van der Waals surface area contributed by atoms with Crippen LogP contribution >= 0.6 is 0 Å². The van der Waals surface area contributed by atoms with Crippen molar-refractivity contribution < 1.29 is 0 Å². The molecule has 1 aromatic heterocycles. The van der Waals surface area contributed by atoms with Gasteiger partial charge in [-0.2, -0.15) is 0 Å². The van der Waals surface area contributed by atoms with Crippen molar-refractivity contribution >= 4 is 0 Å². The van der Waals surface area contributed by atoms with E-state index in [1.54, 1.807) is 0 Å². The zero-order chi connectivity index (χ0) is 11.2. The van der Waals surface area contributed by atoms with Gasteiger partial charge in [0, 0.05) is 18.4 Å². The van der Waals surface area contributed by atoms with Gasteiger partial charge in [-0.15, -0.1) is 0 Å². The number of nitrogens with zero attached hydrogens (tertiary/aromatic N) is 1. The van der Waals surface area contributed by atoms with Crippen molar-refractivity contribution in [3.63, 3.8) is 0 Å². The Bertz CT molecular complexity index is 289. The van der Waals surface area contributed by atoms with Crippen molar-refractivity contribution in [3.8, 4) is 0 Å². The fraction of sp³-hybridized carbons (Fsp3) is 0.643. The number of hydrogen-bond donors (Lipinski definition) is 1. The third kappa shape index (κ3) is 2.82. The molecular formula is C14H22N2. The number of aromatic nitrogens is 1. The standard InChI is InChI=1S/C14H22N2/c1-15-14(13-8-10-16-11-9-13)12-6-4-2-3-5-7-12/h8-12,14-15H,2-7H2,1H3. The first-order valence-corrected chi connectivity index (χ1v) is 6.49. The molecule has 0 saturated heterocycles. The van der Waals surface area contributed by atoms with E-state index in [0.717, 1.165) is 5.92 Å². The van der Waals surface area contributed by atoms with Gasteiger partial charge in [0.1, 0.15) is 0 Å². The average Bonchev–Trinajstić information content (AvgIpc) is 2.61. The molecule has 1 atom stereocenters. The molecule has 1 saturated carbocycles. The number of hydrogen-bond acceptors (Lipinski definition) is 2. The van der Waals surface area contributed by atoms with E-state index in [4.69, 9.17) is 0 Å². The summed E-state index contributed by atoms with van der Waals surface area (Å²) in [6, 6.07) is 4.80. The van der Waals surface area contributed by atoms with Crippen LogP contribution in [0.15, 0.2) is 24.5 Å². The topological polar surface area (TPSA) is 24.9 Å². The molecule has 2 nitrogen and oxygen atoms in total.